The molecule has 1 aromatic heterocycles. The molecule has 0 fully saturated rings. The van der Waals surface area contributed by atoms with Crippen molar-refractivity contribution in [3.8, 4) is 5.75 Å². The molecule has 0 aliphatic carbocycles. The number of nitrogens with zero attached hydrogens (tertiary/aromatic N) is 2. The largest absolute Gasteiger partial charge is 0.486 e. The van der Waals surface area contributed by atoms with E-state index < -0.39 is 0 Å². The van der Waals surface area contributed by atoms with E-state index in [1.807, 2.05) is 6.07 Å². The average Bonchev–Trinajstić information content (AvgIpc) is 3.05. The van der Waals surface area contributed by atoms with Crippen molar-refractivity contribution in [3.63, 3.8) is 0 Å². The first kappa shape index (κ1) is 13.2. The maximum Gasteiger partial charge on any atom is 0.243 e. The number of hydrogen-bond acceptors (Lipinski definition) is 1. The molecule has 0 saturated carbocycles. The number of hydrogen-bond donors (Lipinski definition) is 0. The van der Waals surface area contributed by atoms with Crippen LogP contribution < -0.4 is 9.30 Å². The minimum atomic E-state index is 0.267. The van der Waals surface area contributed by atoms with Crippen LogP contribution in [-0.2, 0) is 19.5 Å². The van der Waals surface area contributed by atoms with Gasteiger partial charge in [-0.15, -0.1) is 0 Å². The smallest absolute Gasteiger partial charge is 0.243 e. The molecular weight excluding hydrogens is 248 g/mol. The fraction of sp³-hybridized carbons (Fsp3) is 0.471. The van der Waals surface area contributed by atoms with Gasteiger partial charge in [-0.25, -0.2) is 9.13 Å². The van der Waals surface area contributed by atoms with E-state index in [9.17, 15) is 0 Å². The van der Waals surface area contributed by atoms with E-state index in [4.69, 9.17) is 4.74 Å². The molecule has 0 N–H and O–H groups in total. The van der Waals surface area contributed by atoms with Crippen molar-refractivity contribution >= 4 is 0 Å². The summed E-state index contributed by atoms with van der Waals surface area (Å²) in [5.41, 5.74) is 1.33. The SMILES string of the molecule is CCCCCn1cc[n+](CC2Cc3ccccc3O2)c1. The number of benzene rings is 1. The Balaban J connectivity index is 1.55. The summed E-state index contributed by atoms with van der Waals surface area (Å²) in [5, 5.41) is 0. The van der Waals surface area contributed by atoms with E-state index in [2.05, 4.69) is 53.0 Å². The van der Waals surface area contributed by atoms with Crippen molar-refractivity contribution in [1.82, 2.24) is 4.57 Å². The van der Waals surface area contributed by atoms with Gasteiger partial charge in [0.2, 0.25) is 6.33 Å². The highest BCUT2D eigenvalue weighted by Crippen LogP contribution is 2.27. The summed E-state index contributed by atoms with van der Waals surface area (Å²) in [5.74, 6) is 1.06. The van der Waals surface area contributed by atoms with Gasteiger partial charge < -0.3 is 4.74 Å². The summed E-state index contributed by atoms with van der Waals surface area (Å²) in [4.78, 5) is 0. The number of aromatic nitrogens is 2. The Morgan fingerprint density at radius 3 is 3.05 bits per heavy atom. The predicted molar refractivity (Wildman–Crippen MR) is 78.7 cm³/mol. The molecule has 2 aromatic rings. The molecule has 106 valence electrons. The van der Waals surface area contributed by atoms with E-state index in [-0.39, 0.29) is 6.10 Å². The molecule has 0 saturated heterocycles. The molecule has 3 nitrogen and oxygen atoms in total. The first-order chi connectivity index (χ1) is 9.85. The van der Waals surface area contributed by atoms with Crippen molar-refractivity contribution in [2.45, 2.75) is 51.8 Å². The van der Waals surface area contributed by atoms with Gasteiger partial charge in [0.15, 0.2) is 0 Å². The van der Waals surface area contributed by atoms with Crippen molar-refractivity contribution in [2.24, 2.45) is 0 Å². The molecule has 3 heteroatoms. The predicted octanol–water partition coefficient (Wildman–Crippen LogP) is 2.97. The number of rotatable bonds is 6. The maximum atomic E-state index is 5.99. The summed E-state index contributed by atoms with van der Waals surface area (Å²) in [6, 6.07) is 8.35. The molecule has 2 heterocycles. The molecule has 1 aromatic carbocycles. The van der Waals surface area contributed by atoms with Crippen LogP contribution in [-0.4, -0.2) is 10.7 Å². The first-order valence-corrected chi connectivity index (χ1v) is 7.64. The van der Waals surface area contributed by atoms with Gasteiger partial charge in [0.05, 0.1) is 6.54 Å². The van der Waals surface area contributed by atoms with Crippen LogP contribution in [0.3, 0.4) is 0 Å². The van der Waals surface area contributed by atoms with Gasteiger partial charge >= 0.3 is 0 Å². The Kier molecular flexibility index (Phi) is 4.05. The zero-order valence-corrected chi connectivity index (χ0v) is 12.2. The Bertz CT molecular complexity index is 537. The Labute approximate surface area is 120 Å². The van der Waals surface area contributed by atoms with Crippen LogP contribution in [0.4, 0.5) is 0 Å². The monoisotopic (exact) mass is 271 g/mol. The minimum absolute atomic E-state index is 0.267. The van der Waals surface area contributed by atoms with Gasteiger partial charge in [-0.1, -0.05) is 31.5 Å². The third-order valence-corrected chi connectivity index (χ3v) is 3.89. The Morgan fingerprint density at radius 2 is 2.20 bits per heavy atom. The summed E-state index contributed by atoms with van der Waals surface area (Å²) >= 11 is 0. The molecule has 1 aliphatic heterocycles. The summed E-state index contributed by atoms with van der Waals surface area (Å²) in [6.07, 6.45) is 11.6. The van der Waals surface area contributed by atoms with Crippen molar-refractivity contribution in [1.29, 1.82) is 0 Å². The zero-order chi connectivity index (χ0) is 13.8. The molecule has 0 radical (unpaired) electrons. The van der Waals surface area contributed by atoms with E-state index in [1.165, 1.54) is 24.8 Å². The summed E-state index contributed by atoms with van der Waals surface area (Å²) in [7, 11) is 0. The van der Waals surface area contributed by atoms with Crippen LogP contribution in [0.25, 0.3) is 0 Å². The summed E-state index contributed by atoms with van der Waals surface area (Å²) in [6.45, 7) is 4.28. The van der Waals surface area contributed by atoms with E-state index >= 15 is 0 Å². The average molecular weight is 271 g/mol. The number of ether oxygens (including phenoxy) is 1. The van der Waals surface area contributed by atoms with Gasteiger partial charge in [0, 0.05) is 6.42 Å². The number of fused-ring (bicyclic) bond motifs is 1. The maximum absolute atomic E-state index is 5.99. The fourth-order valence-corrected chi connectivity index (χ4v) is 2.81. The van der Waals surface area contributed by atoms with Crippen LogP contribution in [0.5, 0.6) is 5.75 Å². The quantitative estimate of drug-likeness (QED) is 0.583. The van der Waals surface area contributed by atoms with Crippen LogP contribution in [0.15, 0.2) is 43.0 Å². The van der Waals surface area contributed by atoms with Crippen LogP contribution in [0.1, 0.15) is 31.7 Å². The molecule has 0 bridgehead atoms. The second-order valence-electron chi connectivity index (χ2n) is 5.61. The minimum Gasteiger partial charge on any atom is -0.486 e. The number of unbranched alkanes of at least 4 members (excludes halogenated alkanes) is 2. The molecule has 20 heavy (non-hydrogen) atoms. The van der Waals surface area contributed by atoms with Gasteiger partial charge in [-0.3, -0.25) is 0 Å². The highest BCUT2D eigenvalue weighted by molar-refractivity contribution is 5.36. The highest BCUT2D eigenvalue weighted by atomic mass is 16.5. The third-order valence-electron chi connectivity index (χ3n) is 3.89. The van der Waals surface area contributed by atoms with Gasteiger partial charge in [-0.2, -0.15) is 0 Å². The second-order valence-corrected chi connectivity index (χ2v) is 5.61. The number of aryl methyl sites for hydroxylation is 1. The highest BCUT2D eigenvalue weighted by Gasteiger charge is 2.24. The molecule has 3 rings (SSSR count). The molecule has 0 spiro atoms. The third kappa shape index (κ3) is 3.03. The van der Waals surface area contributed by atoms with Gasteiger partial charge in [-0.05, 0) is 24.5 Å². The van der Waals surface area contributed by atoms with Crippen LogP contribution in [0, 0.1) is 0 Å². The molecule has 1 unspecified atom stereocenters. The lowest BCUT2D eigenvalue weighted by atomic mass is 10.1. The summed E-state index contributed by atoms with van der Waals surface area (Å²) < 4.78 is 10.5. The van der Waals surface area contributed by atoms with E-state index in [1.54, 1.807) is 0 Å². The molecular formula is C17H23N2O+. The first-order valence-electron chi connectivity index (χ1n) is 7.64. The zero-order valence-electron chi connectivity index (χ0n) is 12.2. The lowest BCUT2D eigenvalue weighted by Gasteiger charge is -2.07. The van der Waals surface area contributed by atoms with Crippen molar-refractivity contribution < 1.29 is 9.30 Å². The lowest BCUT2D eigenvalue weighted by molar-refractivity contribution is -0.702. The Hall–Kier alpha value is -1.77. The second kappa shape index (κ2) is 6.12. The van der Waals surface area contributed by atoms with Crippen LogP contribution >= 0.6 is 0 Å². The van der Waals surface area contributed by atoms with Crippen molar-refractivity contribution in [3.05, 3.63) is 48.5 Å². The van der Waals surface area contributed by atoms with Gasteiger partial charge in [0.25, 0.3) is 0 Å². The molecule has 0 amide bonds. The topological polar surface area (TPSA) is 18.0 Å². The van der Waals surface area contributed by atoms with Crippen LogP contribution in [0.2, 0.25) is 0 Å². The standard InChI is InChI=1S/C17H23N2O/c1-2-3-6-9-18-10-11-19(14-18)13-16-12-15-7-4-5-8-17(15)20-16/h4-5,7-8,10-11,14,16H,2-3,6,9,12-13H2,1H3/q+1. The lowest BCUT2D eigenvalue weighted by Crippen LogP contribution is -2.39. The van der Waals surface area contributed by atoms with E-state index in [0.29, 0.717) is 0 Å². The number of imidazole rings is 1. The molecule has 1 aliphatic rings. The Morgan fingerprint density at radius 1 is 1.30 bits per heavy atom. The number of para-hydroxylation sites is 1. The van der Waals surface area contributed by atoms with E-state index in [0.717, 1.165) is 25.3 Å². The molecule has 1 atom stereocenters. The van der Waals surface area contributed by atoms with Crippen molar-refractivity contribution in [2.75, 3.05) is 0 Å². The normalized spacial score (nSPS) is 16.9. The van der Waals surface area contributed by atoms with Gasteiger partial charge in [0.1, 0.15) is 30.8 Å². The fourth-order valence-electron chi connectivity index (χ4n) is 2.81.